The third kappa shape index (κ3) is 2.56. The van der Waals surface area contributed by atoms with Crippen LogP contribution in [0.4, 0.5) is 0 Å². The molecule has 0 atom stereocenters. The van der Waals surface area contributed by atoms with E-state index in [0.29, 0.717) is 19.1 Å². The van der Waals surface area contributed by atoms with Gasteiger partial charge in [-0.1, -0.05) is 6.92 Å². The second-order valence-electron chi connectivity index (χ2n) is 4.83. The Hall–Kier alpha value is -0.170. The van der Waals surface area contributed by atoms with Gasteiger partial charge in [-0.2, -0.15) is 0 Å². The van der Waals surface area contributed by atoms with Gasteiger partial charge in [0.05, 0.1) is 0 Å². The van der Waals surface area contributed by atoms with Gasteiger partial charge in [-0.05, 0) is 32.5 Å². The normalized spacial score (nSPS) is 26.9. The standard InChI is InChI=1S/C10H21N3O2S/c1-2-12-5-3-9(4-6-12)13-7-10(8-13)16(11,14)15/h9-10H,2-8H2,1H3,(H2,11,14,15). The predicted molar refractivity (Wildman–Crippen MR) is 63.6 cm³/mol. The van der Waals surface area contributed by atoms with Gasteiger partial charge in [-0.3, -0.25) is 4.90 Å². The Morgan fingerprint density at radius 2 is 1.81 bits per heavy atom. The van der Waals surface area contributed by atoms with Gasteiger partial charge in [-0.15, -0.1) is 0 Å². The van der Waals surface area contributed by atoms with Crippen LogP contribution in [0.1, 0.15) is 19.8 Å². The van der Waals surface area contributed by atoms with Crippen LogP contribution < -0.4 is 5.14 Å². The van der Waals surface area contributed by atoms with E-state index in [0.717, 1.165) is 32.5 Å². The zero-order valence-corrected chi connectivity index (χ0v) is 10.6. The van der Waals surface area contributed by atoms with Crippen LogP contribution in [0.5, 0.6) is 0 Å². The summed E-state index contributed by atoms with van der Waals surface area (Å²) in [6.45, 7) is 6.84. The molecular weight excluding hydrogens is 226 g/mol. The maximum absolute atomic E-state index is 11.1. The van der Waals surface area contributed by atoms with E-state index in [1.165, 1.54) is 0 Å². The van der Waals surface area contributed by atoms with Crippen LogP contribution in [-0.2, 0) is 10.0 Å². The van der Waals surface area contributed by atoms with Gasteiger partial charge in [-0.25, -0.2) is 13.6 Å². The molecule has 2 saturated heterocycles. The first kappa shape index (κ1) is 12.3. The summed E-state index contributed by atoms with van der Waals surface area (Å²) in [4.78, 5) is 4.70. The summed E-state index contributed by atoms with van der Waals surface area (Å²) < 4.78 is 22.2. The van der Waals surface area contributed by atoms with E-state index < -0.39 is 10.0 Å². The average molecular weight is 247 g/mol. The van der Waals surface area contributed by atoms with Crippen molar-refractivity contribution in [1.29, 1.82) is 0 Å². The number of sulfonamides is 1. The lowest BCUT2D eigenvalue weighted by Crippen LogP contribution is -2.61. The van der Waals surface area contributed by atoms with Crippen LogP contribution in [0.2, 0.25) is 0 Å². The molecule has 0 aromatic heterocycles. The number of likely N-dealkylation sites (tertiary alicyclic amines) is 2. The molecule has 2 aliphatic rings. The van der Waals surface area contributed by atoms with Crippen molar-refractivity contribution in [2.45, 2.75) is 31.1 Å². The molecule has 0 aromatic rings. The summed E-state index contributed by atoms with van der Waals surface area (Å²) in [5.41, 5.74) is 0. The van der Waals surface area contributed by atoms with E-state index in [2.05, 4.69) is 16.7 Å². The first-order valence-corrected chi connectivity index (χ1v) is 7.59. The Labute approximate surface area is 97.6 Å². The van der Waals surface area contributed by atoms with Crippen LogP contribution >= 0.6 is 0 Å². The Morgan fingerprint density at radius 3 is 2.25 bits per heavy atom. The van der Waals surface area contributed by atoms with E-state index in [1.54, 1.807) is 0 Å². The molecular formula is C10H21N3O2S. The van der Waals surface area contributed by atoms with E-state index in [-0.39, 0.29) is 5.25 Å². The van der Waals surface area contributed by atoms with Gasteiger partial charge in [0.2, 0.25) is 10.0 Å². The van der Waals surface area contributed by atoms with Crippen molar-refractivity contribution >= 4 is 10.0 Å². The van der Waals surface area contributed by atoms with Crippen LogP contribution in [0.15, 0.2) is 0 Å². The van der Waals surface area contributed by atoms with E-state index in [4.69, 9.17) is 5.14 Å². The summed E-state index contributed by atoms with van der Waals surface area (Å²) in [5, 5.41) is 4.79. The number of hydrogen-bond donors (Lipinski definition) is 1. The van der Waals surface area contributed by atoms with Crippen molar-refractivity contribution in [3.63, 3.8) is 0 Å². The molecule has 2 N–H and O–H groups in total. The summed E-state index contributed by atoms with van der Waals surface area (Å²) in [6, 6.07) is 0.570. The highest BCUT2D eigenvalue weighted by Gasteiger charge is 2.39. The second-order valence-corrected chi connectivity index (χ2v) is 6.68. The zero-order valence-electron chi connectivity index (χ0n) is 9.80. The maximum Gasteiger partial charge on any atom is 0.214 e. The predicted octanol–water partition coefficient (Wildman–Crippen LogP) is -0.557. The van der Waals surface area contributed by atoms with Crippen molar-refractivity contribution in [3.05, 3.63) is 0 Å². The molecule has 0 aliphatic carbocycles. The molecule has 0 spiro atoms. The molecule has 6 heteroatoms. The molecule has 5 nitrogen and oxygen atoms in total. The minimum absolute atomic E-state index is 0.322. The van der Waals surface area contributed by atoms with Crippen molar-refractivity contribution in [2.75, 3.05) is 32.7 Å². The largest absolute Gasteiger partial charge is 0.303 e. The fraction of sp³-hybridized carbons (Fsp3) is 1.00. The molecule has 16 heavy (non-hydrogen) atoms. The summed E-state index contributed by atoms with van der Waals surface area (Å²) in [7, 11) is -3.31. The minimum Gasteiger partial charge on any atom is -0.303 e. The van der Waals surface area contributed by atoms with E-state index in [9.17, 15) is 8.42 Å². The Bertz CT molecular complexity index is 330. The van der Waals surface area contributed by atoms with Crippen LogP contribution in [0.3, 0.4) is 0 Å². The summed E-state index contributed by atoms with van der Waals surface area (Å²) >= 11 is 0. The molecule has 2 fully saturated rings. The highest BCUT2D eigenvalue weighted by atomic mass is 32.2. The van der Waals surface area contributed by atoms with Crippen LogP contribution in [-0.4, -0.2) is 62.2 Å². The molecule has 2 heterocycles. The third-order valence-corrected chi connectivity index (χ3v) is 5.09. The van der Waals surface area contributed by atoms with Crippen molar-refractivity contribution in [3.8, 4) is 0 Å². The Kier molecular flexibility index (Phi) is 3.53. The molecule has 2 rings (SSSR count). The minimum atomic E-state index is -3.31. The van der Waals surface area contributed by atoms with Crippen molar-refractivity contribution in [2.24, 2.45) is 5.14 Å². The monoisotopic (exact) mass is 247 g/mol. The summed E-state index contributed by atoms with van der Waals surface area (Å²) in [6.07, 6.45) is 2.32. The lowest BCUT2D eigenvalue weighted by atomic mass is 9.99. The van der Waals surface area contributed by atoms with Crippen LogP contribution in [0.25, 0.3) is 0 Å². The smallest absolute Gasteiger partial charge is 0.214 e. The number of hydrogen-bond acceptors (Lipinski definition) is 4. The number of nitrogens with two attached hydrogens (primary N) is 1. The summed E-state index contributed by atoms with van der Waals surface area (Å²) in [5.74, 6) is 0. The third-order valence-electron chi connectivity index (χ3n) is 3.86. The average Bonchev–Trinajstić information content (AvgIpc) is 2.14. The first-order chi connectivity index (χ1) is 7.50. The lowest BCUT2D eigenvalue weighted by molar-refractivity contribution is 0.0676. The van der Waals surface area contributed by atoms with E-state index >= 15 is 0 Å². The first-order valence-electron chi connectivity index (χ1n) is 5.98. The second kappa shape index (κ2) is 4.60. The van der Waals surface area contributed by atoms with Gasteiger partial charge in [0.25, 0.3) is 0 Å². The fourth-order valence-electron chi connectivity index (χ4n) is 2.58. The van der Waals surface area contributed by atoms with Gasteiger partial charge < -0.3 is 4.90 Å². The number of nitrogens with zero attached hydrogens (tertiary/aromatic N) is 2. The van der Waals surface area contributed by atoms with Gasteiger partial charge >= 0.3 is 0 Å². The maximum atomic E-state index is 11.1. The highest BCUT2D eigenvalue weighted by Crippen LogP contribution is 2.23. The number of rotatable bonds is 3. The molecule has 94 valence electrons. The molecule has 0 saturated carbocycles. The van der Waals surface area contributed by atoms with Gasteiger partial charge in [0, 0.05) is 19.1 Å². The molecule has 0 unspecified atom stereocenters. The Morgan fingerprint density at radius 1 is 1.25 bits per heavy atom. The topological polar surface area (TPSA) is 66.6 Å². The molecule has 0 aromatic carbocycles. The molecule has 0 radical (unpaired) electrons. The fourth-order valence-corrected chi connectivity index (χ4v) is 3.37. The molecule has 0 bridgehead atoms. The zero-order chi connectivity index (χ0) is 11.8. The number of piperidine rings is 1. The van der Waals surface area contributed by atoms with Gasteiger partial charge in [0.15, 0.2) is 0 Å². The molecule has 2 aliphatic heterocycles. The van der Waals surface area contributed by atoms with Crippen molar-refractivity contribution in [1.82, 2.24) is 9.80 Å². The van der Waals surface area contributed by atoms with Gasteiger partial charge in [0.1, 0.15) is 5.25 Å². The van der Waals surface area contributed by atoms with Crippen LogP contribution in [0, 0.1) is 0 Å². The van der Waals surface area contributed by atoms with E-state index in [1.807, 2.05) is 0 Å². The lowest BCUT2D eigenvalue weighted by Gasteiger charge is -2.46. The number of primary sulfonamides is 1. The quantitative estimate of drug-likeness (QED) is 0.726. The highest BCUT2D eigenvalue weighted by molar-refractivity contribution is 7.89. The Balaban J connectivity index is 1.77. The molecule has 0 amide bonds. The van der Waals surface area contributed by atoms with Crippen molar-refractivity contribution < 1.29 is 8.42 Å². The SMILES string of the molecule is CCN1CCC(N2CC(S(N)(=O)=O)C2)CC1.